The molecule has 1 aromatic carbocycles. The molecule has 5 nitrogen and oxygen atoms in total. The third-order valence-electron chi connectivity index (χ3n) is 3.41. The Bertz CT molecular complexity index is 447. The van der Waals surface area contributed by atoms with Gasteiger partial charge in [0.15, 0.2) is 11.5 Å². The van der Waals surface area contributed by atoms with E-state index in [0.29, 0.717) is 24.6 Å². The molecule has 0 saturated heterocycles. The summed E-state index contributed by atoms with van der Waals surface area (Å²) in [5.74, 6) is 1.37. The predicted octanol–water partition coefficient (Wildman–Crippen LogP) is 1.59. The molecular weight excluding hydrogens is 258 g/mol. The number of ether oxygens (including phenoxy) is 2. The molecule has 112 valence electrons. The van der Waals surface area contributed by atoms with Crippen LogP contribution in [0.2, 0.25) is 0 Å². The number of aliphatic hydroxyl groups excluding tert-OH is 1. The molecule has 2 unspecified atom stereocenters. The average Bonchev–Trinajstić information content (AvgIpc) is 2.85. The minimum absolute atomic E-state index is 0.229. The third-order valence-corrected chi connectivity index (χ3v) is 3.41. The maximum atomic E-state index is 10.1. The molecule has 5 heteroatoms. The molecule has 0 aromatic heterocycles. The van der Waals surface area contributed by atoms with Crippen LogP contribution in [0.3, 0.4) is 0 Å². The van der Waals surface area contributed by atoms with Crippen LogP contribution in [0.15, 0.2) is 18.2 Å². The second-order valence-electron chi connectivity index (χ2n) is 5.51. The molecule has 0 spiro atoms. The number of benzene rings is 1. The fourth-order valence-corrected chi connectivity index (χ4v) is 2.34. The summed E-state index contributed by atoms with van der Waals surface area (Å²) in [6.07, 6.45) is 1.03. The van der Waals surface area contributed by atoms with Gasteiger partial charge in [-0.25, -0.2) is 0 Å². The van der Waals surface area contributed by atoms with Gasteiger partial charge in [0.05, 0.1) is 11.7 Å². The lowest BCUT2D eigenvalue weighted by molar-refractivity contribution is 0.0461. The van der Waals surface area contributed by atoms with E-state index in [4.69, 9.17) is 9.47 Å². The molecular formula is C15H23NO4. The maximum absolute atomic E-state index is 10.1. The highest BCUT2D eigenvalue weighted by molar-refractivity contribution is 5.45. The van der Waals surface area contributed by atoms with Crippen molar-refractivity contribution in [2.45, 2.75) is 38.4 Å². The van der Waals surface area contributed by atoms with E-state index in [1.165, 1.54) is 0 Å². The Balaban J connectivity index is 1.84. The Kier molecular flexibility index (Phi) is 4.86. The van der Waals surface area contributed by atoms with Crippen LogP contribution in [0.25, 0.3) is 0 Å². The lowest BCUT2D eigenvalue weighted by Gasteiger charge is -2.24. The smallest absolute Gasteiger partial charge is 0.231 e. The Labute approximate surface area is 119 Å². The molecule has 20 heavy (non-hydrogen) atoms. The normalized spacial score (nSPS) is 17.8. The van der Waals surface area contributed by atoms with Crippen molar-refractivity contribution < 1.29 is 19.7 Å². The molecule has 2 atom stereocenters. The summed E-state index contributed by atoms with van der Waals surface area (Å²) in [6.45, 7) is 4.92. The Morgan fingerprint density at radius 3 is 2.85 bits per heavy atom. The van der Waals surface area contributed by atoms with E-state index in [2.05, 4.69) is 5.32 Å². The number of rotatable bonds is 7. The summed E-state index contributed by atoms with van der Waals surface area (Å²) >= 11 is 0. The van der Waals surface area contributed by atoms with Gasteiger partial charge in [0.1, 0.15) is 0 Å². The summed E-state index contributed by atoms with van der Waals surface area (Å²) in [5.41, 5.74) is 0.0421. The van der Waals surface area contributed by atoms with E-state index >= 15 is 0 Å². The molecule has 1 aromatic rings. The van der Waals surface area contributed by atoms with Crippen molar-refractivity contribution in [2.75, 3.05) is 19.9 Å². The lowest BCUT2D eigenvalue weighted by Crippen LogP contribution is -2.39. The SMILES string of the molecule is CCCC(C)(O)CNCC(O)c1ccc2c(c1)OCO2. The van der Waals surface area contributed by atoms with Gasteiger partial charge in [0, 0.05) is 13.1 Å². The van der Waals surface area contributed by atoms with Crippen molar-refractivity contribution in [3.05, 3.63) is 23.8 Å². The Morgan fingerprint density at radius 2 is 2.10 bits per heavy atom. The number of aliphatic hydroxyl groups is 2. The van der Waals surface area contributed by atoms with Crippen molar-refractivity contribution in [3.8, 4) is 11.5 Å². The van der Waals surface area contributed by atoms with E-state index < -0.39 is 11.7 Å². The average molecular weight is 281 g/mol. The van der Waals surface area contributed by atoms with Crippen molar-refractivity contribution in [2.24, 2.45) is 0 Å². The van der Waals surface area contributed by atoms with E-state index in [0.717, 1.165) is 18.4 Å². The molecule has 0 fully saturated rings. The van der Waals surface area contributed by atoms with Crippen LogP contribution in [0.4, 0.5) is 0 Å². The van der Waals surface area contributed by atoms with Gasteiger partial charge in [0.2, 0.25) is 6.79 Å². The molecule has 0 saturated carbocycles. The minimum Gasteiger partial charge on any atom is -0.454 e. The molecule has 3 N–H and O–H groups in total. The molecule has 0 aliphatic carbocycles. The first-order valence-corrected chi connectivity index (χ1v) is 7.02. The topological polar surface area (TPSA) is 71.0 Å². The van der Waals surface area contributed by atoms with Crippen molar-refractivity contribution in [1.82, 2.24) is 5.32 Å². The highest BCUT2D eigenvalue weighted by Crippen LogP contribution is 2.34. The second-order valence-corrected chi connectivity index (χ2v) is 5.51. The number of nitrogens with one attached hydrogen (secondary N) is 1. The number of fused-ring (bicyclic) bond motifs is 1. The standard InChI is InChI=1S/C15H23NO4/c1-3-6-15(2,18)9-16-8-12(17)11-4-5-13-14(7-11)20-10-19-13/h4-5,7,12,16-18H,3,6,8-10H2,1-2H3. The van der Waals surface area contributed by atoms with Crippen LogP contribution in [-0.2, 0) is 0 Å². The number of hydrogen-bond donors (Lipinski definition) is 3. The van der Waals surface area contributed by atoms with Crippen LogP contribution in [0, 0.1) is 0 Å². The highest BCUT2D eigenvalue weighted by Gasteiger charge is 2.20. The zero-order chi connectivity index (χ0) is 14.6. The van der Waals surface area contributed by atoms with Gasteiger partial charge < -0.3 is 25.0 Å². The fraction of sp³-hybridized carbons (Fsp3) is 0.600. The largest absolute Gasteiger partial charge is 0.454 e. The fourth-order valence-electron chi connectivity index (χ4n) is 2.34. The van der Waals surface area contributed by atoms with Gasteiger partial charge in [-0.15, -0.1) is 0 Å². The summed E-state index contributed by atoms with van der Waals surface area (Å²) in [5, 5.41) is 23.3. The number of hydrogen-bond acceptors (Lipinski definition) is 5. The quantitative estimate of drug-likeness (QED) is 0.708. The molecule has 1 heterocycles. The highest BCUT2D eigenvalue weighted by atomic mass is 16.7. The molecule has 2 rings (SSSR count). The summed E-state index contributed by atoms with van der Waals surface area (Å²) in [4.78, 5) is 0. The molecule has 0 amide bonds. The Hall–Kier alpha value is -1.30. The zero-order valence-corrected chi connectivity index (χ0v) is 12.1. The van der Waals surface area contributed by atoms with Crippen LogP contribution in [0.1, 0.15) is 38.4 Å². The summed E-state index contributed by atoms with van der Waals surface area (Å²) < 4.78 is 10.5. The second kappa shape index (κ2) is 6.43. The summed E-state index contributed by atoms with van der Waals surface area (Å²) in [7, 11) is 0. The van der Waals surface area contributed by atoms with Gasteiger partial charge >= 0.3 is 0 Å². The van der Waals surface area contributed by atoms with Crippen molar-refractivity contribution >= 4 is 0 Å². The molecule has 0 bridgehead atoms. The molecule has 1 aliphatic heterocycles. The lowest BCUT2D eigenvalue weighted by atomic mass is 10.0. The van der Waals surface area contributed by atoms with Crippen LogP contribution in [0.5, 0.6) is 11.5 Å². The van der Waals surface area contributed by atoms with Crippen molar-refractivity contribution in [1.29, 1.82) is 0 Å². The molecule has 1 aliphatic rings. The first-order chi connectivity index (χ1) is 9.52. The van der Waals surface area contributed by atoms with Gasteiger partial charge in [-0.2, -0.15) is 0 Å². The van der Waals surface area contributed by atoms with Gasteiger partial charge in [-0.1, -0.05) is 19.4 Å². The van der Waals surface area contributed by atoms with Gasteiger partial charge in [-0.3, -0.25) is 0 Å². The van der Waals surface area contributed by atoms with Crippen LogP contribution >= 0.6 is 0 Å². The monoisotopic (exact) mass is 281 g/mol. The van der Waals surface area contributed by atoms with E-state index in [-0.39, 0.29) is 6.79 Å². The third kappa shape index (κ3) is 3.85. The van der Waals surface area contributed by atoms with Crippen molar-refractivity contribution in [3.63, 3.8) is 0 Å². The maximum Gasteiger partial charge on any atom is 0.231 e. The van der Waals surface area contributed by atoms with E-state index in [1.807, 2.05) is 13.0 Å². The van der Waals surface area contributed by atoms with Crippen LogP contribution < -0.4 is 14.8 Å². The van der Waals surface area contributed by atoms with E-state index in [1.54, 1.807) is 19.1 Å². The predicted molar refractivity (Wildman–Crippen MR) is 75.9 cm³/mol. The van der Waals surface area contributed by atoms with Crippen LogP contribution in [-0.4, -0.2) is 35.7 Å². The Morgan fingerprint density at radius 1 is 1.35 bits per heavy atom. The van der Waals surface area contributed by atoms with Gasteiger partial charge in [0.25, 0.3) is 0 Å². The van der Waals surface area contributed by atoms with Gasteiger partial charge in [-0.05, 0) is 31.0 Å². The summed E-state index contributed by atoms with van der Waals surface area (Å²) in [6, 6.07) is 5.41. The zero-order valence-electron chi connectivity index (χ0n) is 12.1. The minimum atomic E-state index is -0.733. The first kappa shape index (κ1) is 15.1. The first-order valence-electron chi connectivity index (χ1n) is 7.02. The van der Waals surface area contributed by atoms with E-state index in [9.17, 15) is 10.2 Å². The molecule has 0 radical (unpaired) electrons.